The van der Waals surface area contributed by atoms with Crippen molar-refractivity contribution in [3.63, 3.8) is 0 Å². The van der Waals surface area contributed by atoms with Crippen LogP contribution in [0.3, 0.4) is 0 Å². The van der Waals surface area contributed by atoms with Crippen molar-refractivity contribution in [3.8, 4) is 0 Å². The van der Waals surface area contributed by atoms with E-state index in [1.54, 1.807) is 36.4 Å². The number of halogens is 2. The molecule has 35 heavy (non-hydrogen) atoms. The largest absolute Gasteiger partial charge is 0.325 e. The first-order valence-corrected chi connectivity index (χ1v) is 12.5. The highest BCUT2D eigenvalue weighted by Crippen LogP contribution is 2.38. The van der Waals surface area contributed by atoms with E-state index in [-0.39, 0.29) is 42.5 Å². The Bertz CT molecular complexity index is 1370. The summed E-state index contributed by atoms with van der Waals surface area (Å²) in [6.45, 7) is 1.41. The quantitative estimate of drug-likeness (QED) is 0.507. The summed E-state index contributed by atoms with van der Waals surface area (Å²) in [6.07, 6.45) is 0.321. The number of hydrogen-bond donors (Lipinski definition) is 1. The average Bonchev–Trinajstić information content (AvgIpc) is 2.86. The third-order valence-electron chi connectivity index (χ3n) is 6.42. The van der Waals surface area contributed by atoms with Crippen molar-refractivity contribution in [2.75, 3.05) is 18.4 Å². The van der Waals surface area contributed by atoms with E-state index in [2.05, 4.69) is 5.32 Å². The van der Waals surface area contributed by atoms with Crippen molar-refractivity contribution < 1.29 is 26.8 Å². The van der Waals surface area contributed by atoms with Crippen LogP contribution in [0.25, 0.3) is 0 Å². The van der Waals surface area contributed by atoms with Gasteiger partial charge in [-0.15, -0.1) is 0 Å². The Kier molecular flexibility index (Phi) is 6.82. The number of carbonyl (C=O) groups is 2. The lowest BCUT2D eigenvalue weighted by molar-refractivity contribution is -0.123. The van der Waals surface area contributed by atoms with Crippen LogP contribution in [0.2, 0.25) is 0 Å². The Morgan fingerprint density at radius 1 is 0.886 bits per heavy atom. The Morgan fingerprint density at radius 2 is 1.51 bits per heavy atom. The highest BCUT2D eigenvalue weighted by atomic mass is 32.2. The number of sulfonamides is 1. The van der Waals surface area contributed by atoms with Crippen molar-refractivity contribution >= 4 is 27.4 Å². The number of nitrogens with zero attached hydrogens (tertiary/aromatic N) is 1. The Hall–Kier alpha value is -3.43. The average molecular weight is 499 g/mol. The fourth-order valence-electron chi connectivity index (χ4n) is 4.44. The van der Waals surface area contributed by atoms with E-state index < -0.39 is 27.1 Å². The summed E-state index contributed by atoms with van der Waals surface area (Å²) in [5.74, 6) is -2.91. The van der Waals surface area contributed by atoms with Gasteiger partial charge < -0.3 is 5.32 Å². The summed E-state index contributed by atoms with van der Waals surface area (Å²) in [5.41, 5.74) is 0.438. The van der Waals surface area contributed by atoms with Gasteiger partial charge in [-0.3, -0.25) is 9.59 Å². The lowest BCUT2D eigenvalue weighted by Gasteiger charge is -2.40. The van der Waals surface area contributed by atoms with Gasteiger partial charge in [0.1, 0.15) is 0 Å². The lowest BCUT2D eigenvalue weighted by atomic mass is 9.72. The van der Waals surface area contributed by atoms with Crippen LogP contribution in [0.15, 0.2) is 77.7 Å². The van der Waals surface area contributed by atoms with E-state index in [1.807, 2.05) is 18.2 Å². The second-order valence-electron chi connectivity index (χ2n) is 8.48. The third kappa shape index (κ3) is 4.74. The number of Topliss-reactive ketones (excluding diaryl/α,β-unsaturated/α-hetero) is 1. The van der Waals surface area contributed by atoms with Crippen LogP contribution in [-0.2, 0) is 20.2 Å². The molecule has 3 aromatic carbocycles. The van der Waals surface area contributed by atoms with Crippen molar-refractivity contribution in [2.24, 2.45) is 0 Å². The maximum Gasteiger partial charge on any atom is 0.243 e. The number of piperidine rings is 1. The minimum absolute atomic E-state index is 0.00199. The van der Waals surface area contributed by atoms with Crippen molar-refractivity contribution in [2.45, 2.75) is 30.1 Å². The van der Waals surface area contributed by atoms with E-state index >= 15 is 0 Å². The number of benzene rings is 3. The second-order valence-corrected chi connectivity index (χ2v) is 10.4. The van der Waals surface area contributed by atoms with Crippen LogP contribution in [0.1, 0.15) is 35.7 Å². The van der Waals surface area contributed by atoms with Crippen LogP contribution >= 0.6 is 0 Å². The van der Waals surface area contributed by atoms with Crippen molar-refractivity contribution in [1.82, 2.24) is 4.31 Å². The first-order valence-electron chi connectivity index (χ1n) is 11.1. The molecule has 6 nitrogen and oxygen atoms in total. The Balaban J connectivity index is 1.64. The predicted molar refractivity (Wildman–Crippen MR) is 128 cm³/mol. The Labute approximate surface area is 202 Å². The number of nitrogens with one attached hydrogen (secondary N) is 1. The molecule has 0 atom stereocenters. The first-order chi connectivity index (χ1) is 16.6. The van der Waals surface area contributed by atoms with Gasteiger partial charge in [-0.05, 0) is 55.7 Å². The highest BCUT2D eigenvalue weighted by molar-refractivity contribution is 7.89. The predicted octanol–water partition coefficient (Wildman–Crippen LogP) is 4.53. The SMILES string of the molecule is CC(=O)c1ccccc1NC(=O)C1(c2ccccc2)CCN(S(=O)(=O)c2ccc(F)c(F)c2)CC1. The zero-order chi connectivity index (χ0) is 25.2. The summed E-state index contributed by atoms with van der Waals surface area (Å²) in [7, 11) is -4.09. The summed E-state index contributed by atoms with van der Waals surface area (Å²) < 4.78 is 54.3. The van der Waals surface area contributed by atoms with Crippen LogP contribution in [0.4, 0.5) is 14.5 Å². The molecule has 1 aliphatic heterocycles. The number of carbonyl (C=O) groups excluding carboxylic acids is 2. The molecule has 1 aliphatic rings. The summed E-state index contributed by atoms with van der Waals surface area (Å²) in [6, 6.07) is 18.2. The summed E-state index contributed by atoms with van der Waals surface area (Å²) in [5, 5.41) is 2.88. The number of rotatable bonds is 6. The van der Waals surface area contributed by atoms with Crippen LogP contribution in [0, 0.1) is 11.6 Å². The smallest absolute Gasteiger partial charge is 0.243 e. The number of ketones is 1. The molecule has 1 amide bonds. The first kappa shape index (κ1) is 24.7. The highest BCUT2D eigenvalue weighted by Gasteiger charge is 2.45. The van der Waals surface area contributed by atoms with Crippen LogP contribution < -0.4 is 5.32 Å². The fourth-order valence-corrected chi connectivity index (χ4v) is 5.89. The maximum absolute atomic E-state index is 13.7. The minimum Gasteiger partial charge on any atom is -0.325 e. The van der Waals surface area contributed by atoms with Gasteiger partial charge in [-0.2, -0.15) is 4.31 Å². The van der Waals surface area contributed by atoms with E-state index in [1.165, 1.54) is 11.2 Å². The molecular formula is C26H24F2N2O4S. The fraction of sp³-hybridized carbons (Fsp3) is 0.231. The van der Waals surface area contributed by atoms with Crippen molar-refractivity contribution in [1.29, 1.82) is 0 Å². The van der Waals surface area contributed by atoms with Gasteiger partial charge in [0.15, 0.2) is 17.4 Å². The molecule has 0 aromatic heterocycles. The molecule has 182 valence electrons. The van der Waals surface area contributed by atoms with Gasteiger partial charge in [0.2, 0.25) is 15.9 Å². The summed E-state index contributed by atoms with van der Waals surface area (Å²) >= 11 is 0. The lowest BCUT2D eigenvalue weighted by Crippen LogP contribution is -2.51. The molecule has 0 spiro atoms. The number of anilines is 1. The van der Waals surface area contributed by atoms with Crippen LogP contribution in [-0.4, -0.2) is 37.5 Å². The number of hydrogen-bond acceptors (Lipinski definition) is 4. The second kappa shape index (κ2) is 9.67. The zero-order valence-electron chi connectivity index (χ0n) is 19.0. The standard InChI is InChI=1S/C26H24F2N2O4S/c1-18(31)21-9-5-6-10-24(21)29-25(32)26(19-7-3-2-4-8-19)13-15-30(16-14-26)35(33,34)20-11-12-22(27)23(28)17-20/h2-12,17H,13-16H2,1H3,(H,29,32). The van der Waals surface area contributed by atoms with Gasteiger partial charge in [-0.25, -0.2) is 17.2 Å². The molecule has 0 aliphatic carbocycles. The summed E-state index contributed by atoms with van der Waals surface area (Å²) in [4.78, 5) is 25.4. The van der Waals surface area contributed by atoms with Gasteiger partial charge in [0, 0.05) is 18.7 Å². The van der Waals surface area contributed by atoms with Gasteiger partial charge in [0.05, 0.1) is 16.0 Å². The number of para-hydroxylation sites is 1. The van der Waals surface area contributed by atoms with Crippen LogP contribution in [0.5, 0.6) is 0 Å². The van der Waals surface area contributed by atoms with Crippen molar-refractivity contribution in [3.05, 3.63) is 95.6 Å². The van der Waals surface area contributed by atoms with Gasteiger partial charge >= 0.3 is 0 Å². The van der Waals surface area contributed by atoms with E-state index in [4.69, 9.17) is 0 Å². The molecular weight excluding hydrogens is 474 g/mol. The molecule has 1 saturated heterocycles. The molecule has 0 bridgehead atoms. The number of amides is 1. The molecule has 0 radical (unpaired) electrons. The van der Waals surface area contributed by atoms with E-state index in [0.717, 1.165) is 17.7 Å². The normalized spacial score (nSPS) is 16.0. The molecule has 1 fully saturated rings. The Morgan fingerprint density at radius 3 is 2.14 bits per heavy atom. The molecule has 4 rings (SSSR count). The van der Waals surface area contributed by atoms with E-state index in [9.17, 15) is 26.8 Å². The maximum atomic E-state index is 13.7. The van der Waals surface area contributed by atoms with Gasteiger partial charge in [-0.1, -0.05) is 42.5 Å². The zero-order valence-corrected chi connectivity index (χ0v) is 19.8. The van der Waals surface area contributed by atoms with Gasteiger partial charge in [0.25, 0.3) is 0 Å². The third-order valence-corrected chi connectivity index (χ3v) is 8.32. The molecule has 0 unspecified atom stereocenters. The topological polar surface area (TPSA) is 83.6 Å². The molecule has 1 N–H and O–H groups in total. The minimum atomic E-state index is -4.09. The molecule has 3 aromatic rings. The molecule has 9 heteroatoms. The molecule has 0 saturated carbocycles. The monoisotopic (exact) mass is 498 g/mol. The van der Waals surface area contributed by atoms with E-state index in [0.29, 0.717) is 17.3 Å². The molecule has 1 heterocycles.